The van der Waals surface area contributed by atoms with Gasteiger partial charge < -0.3 is 10.2 Å². The number of nitrogens with two attached hydrogens (primary N) is 1. The third-order valence-electron chi connectivity index (χ3n) is 2.22. The van der Waals surface area contributed by atoms with E-state index >= 15 is 0 Å². The minimum absolute atomic E-state index is 0.0517. The van der Waals surface area contributed by atoms with E-state index in [1.807, 2.05) is 0 Å². The summed E-state index contributed by atoms with van der Waals surface area (Å²) in [5.74, 6) is 0. The van der Waals surface area contributed by atoms with E-state index in [-0.39, 0.29) is 5.43 Å². The molecule has 78 valence electrons. The van der Waals surface area contributed by atoms with Crippen LogP contribution in [0.25, 0.3) is 11.0 Å². The van der Waals surface area contributed by atoms with Crippen LogP contribution in [-0.2, 0) is 6.42 Å². The Hall–Kier alpha value is -1.32. The van der Waals surface area contributed by atoms with E-state index in [1.165, 1.54) is 6.26 Å². The molecule has 1 heterocycles. The van der Waals surface area contributed by atoms with Crippen molar-refractivity contribution in [3.05, 3.63) is 45.3 Å². The van der Waals surface area contributed by atoms with Crippen molar-refractivity contribution in [2.45, 2.75) is 6.42 Å². The number of rotatable bonds is 2. The largest absolute Gasteiger partial charge is 0.464 e. The first-order valence-corrected chi connectivity index (χ1v) is 5.00. The number of fused-ring (bicyclic) bond motifs is 1. The molecule has 0 saturated heterocycles. The lowest BCUT2D eigenvalue weighted by Gasteiger charge is -2.00. The predicted molar refractivity (Wildman–Crippen MR) is 60.3 cm³/mol. The summed E-state index contributed by atoms with van der Waals surface area (Å²) in [6.45, 7) is 0.427. The Morgan fingerprint density at radius 2 is 2.20 bits per heavy atom. The Labute approximate surface area is 91.5 Å². The van der Waals surface area contributed by atoms with E-state index in [0.717, 1.165) is 0 Å². The summed E-state index contributed by atoms with van der Waals surface area (Å²) < 4.78 is 5.32. The molecule has 3 nitrogen and oxygen atoms in total. The summed E-state index contributed by atoms with van der Waals surface area (Å²) in [5.41, 5.74) is 6.48. The second kappa shape index (κ2) is 4.04. The van der Waals surface area contributed by atoms with Crippen molar-refractivity contribution >= 4 is 22.6 Å². The maximum Gasteiger partial charge on any atom is 0.195 e. The van der Waals surface area contributed by atoms with Crippen molar-refractivity contribution in [2.24, 2.45) is 5.73 Å². The normalized spacial score (nSPS) is 10.8. The zero-order valence-electron chi connectivity index (χ0n) is 8.00. The van der Waals surface area contributed by atoms with Gasteiger partial charge in [0.15, 0.2) is 5.43 Å². The monoisotopic (exact) mass is 223 g/mol. The molecule has 2 rings (SSSR count). The molecule has 1 aromatic carbocycles. The molecule has 4 heteroatoms. The molecule has 2 N–H and O–H groups in total. The van der Waals surface area contributed by atoms with Crippen LogP contribution in [-0.4, -0.2) is 6.54 Å². The molecule has 0 aliphatic heterocycles. The molecule has 0 unspecified atom stereocenters. The van der Waals surface area contributed by atoms with Gasteiger partial charge in [-0.05, 0) is 31.2 Å². The minimum atomic E-state index is -0.0517. The van der Waals surface area contributed by atoms with E-state index in [1.54, 1.807) is 18.2 Å². The zero-order valence-corrected chi connectivity index (χ0v) is 8.75. The van der Waals surface area contributed by atoms with Crippen LogP contribution in [0.2, 0.25) is 5.02 Å². The van der Waals surface area contributed by atoms with Crippen LogP contribution in [0.3, 0.4) is 0 Å². The van der Waals surface area contributed by atoms with Crippen LogP contribution >= 0.6 is 11.6 Å². The Morgan fingerprint density at radius 1 is 1.40 bits per heavy atom. The molecule has 0 radical (unpaired) electrons. The molecule has 0 bridgehead atoms. The van der Waals surface area contributed by atoms with E-state index in [2.05, 4.69) is 0 Å². The molecule has 2 aromatic rings. The van der Waals surface area contributed by atoms with Crippen LogP contribution in [0.1, 0.15) is 5.56 Å². The smallest absolute Gasteiger partial charge is 0.195 e. The van der Waals surface area contributed by atoms with E-state index in [4.69, 9.17) is 21.8 Å². The van der Waals surface area contributed by atoms with Crippen molar-refractivity contribution in [2.75, 3.05) is 6.54 Å². The summed E-state index contributed by atoms with van der Waals surface area (Å²) in [7, 11) is 0. The second-order valence-corrected chi connectivity index (χ2v) is 3.71. The van der Waals surface area contributed by atoms with Crippen LogP contribution in [0.4, 0.5) is 0 Å². The first-order chi connectivity index (χ1) is 7.22. The van der Waals surface area contributed by atoms with Gasteiger partial charge in [0.2, 0.25) is 0 Å². The lowest BCUT2D eigenvalue weighted by Crippen LogP contribution is -2.13. The number of hydrogen-bond donors (Lipinski definition) is 1. The molecule has 1 aromatic heterocycles. The van der Waals surface area contributed by atoms with Gasteiger partial charge in [0.25, 0.3) is 0 Å². The predicted octanol–water partition coefficient (Wildman–Crippen LogP) is 1.95. The first-order valence-electron chi connectivity index (χ1n) is 4.62. The zero-order chi connectivity index (χ0) is 10.8. The fourth-order valence-corrected chi connectivity index (χ4v) is 1.64. The highest BCUT2D eigenvalue weighted by Gasteiger charge is 2.06. The third-order valence-corrected chi connectivity index (χ3v) is 2.45. The van der Waals surface area contributed by atoms with Crippen molar-refractivity contribution < 1.29 is 4.42 Å². The topological polar surface area (TPSA) is 56.2 Å². The summed E-state index contributed by atoms with van der Waals surface area (Å²) in [4.78, 5) is 11.9. The lowest BCUT2D eigenvalue weighted by atomic mass is 10.1. The summed E-state index contributed by atoms with van der Waals surface area (Å²) in [6.07, 6.45) is 1.98. The van der Waals surface area contributed by atoms with Gasteiger partial charge in [-0.15, -0.1) is 0 Å². The van der Waals surface area contributed by atoms with Gasteiger partial charge >= 0.3 is 0 Å². The average molecular weight is 224 g/mol. The van der Waals surface area contributed by atoms with Gasteiger partial charge in [0, 0.05) is 10.6 Å². The highest BCUT2D eigenvalue weighted by atomic mass is 35.5. The second-order valence-electron chi connectivity index (χ2n) is 3.27. The molecule has 0 aliphatic rings. The number of halogens is 1. The maximum atomic E-state index is 11.9. The van der Waals surface area contributed by atoms with E-state index < -0.39 is 0 Å². The molecule has 0 atom stereocenters. The molecule has 0 saturated carbocycles. The fourth-order valence-electron chi connectivity index (χ4n) is 1.47. The van der Waals surface area contributed by atoms with Gasteiger partial charge in [0.05, 0.1) is 11.6 Å². The van der Waals surface area contributed by atoms with Gasteiger partial charge in [-0.1, -0.05) is 11.6 Å². The van der Waals surface area contributed by atoms with E-state index in [0.29, 0.717) is 34.5 Å². The fraction of sp³-hybridized carbons (Fsp3) is 0.182. The average Bonchev–Trinajstić information content (AvgIpc) is 2.23. The lowest BCUT2D eigenvalue weighted by molar-refractivity contribution is 0.592. The highest BCUT2D eigenvalue weighted by molar-refractivity contribution is 6.31. The molecule has 0 spiro atoms. The number of hydrogen-bond acceptors (Lipinski definition) is 3. The van der Waals surface area contributed by atoms with Gasteiger partial charge in [-0.2, -0.15) is 0 Å². The van der Waals surface area contributed by atoms with Crippen molar-refractivity contribution in [1.29, 1.82) is 0 Å². The highest BCUT2D eigenvalue weighted by Crippen LogP contribution is 2.16. The van der Waals surface area contributed by atoms with Crippen molar-refractivity contribution in [3.8, 4) is 0 Å². The Morgan fingerprint density at radius 3 is 2.93 bits per heavy atom. The maximum absolute atomic E-state index is 11.9. The third kappa shape index (κ3) is 1.89. The Bertz CT molecular complexity index is 548. The standard InChI is InChI=1S/C11H10ClNO2/c12-8-1-2-10-9(5-8)11(14)7(3-4-13)6-15-10/h1-2,5-6H,3-4,13H2. The van der Waals surface area contributed by atoms with Crippen molar-refractivity contribution in [1.82, 2.24) is 0 Å². The van der Waals surface area contributed by atoms with Gasteiger partial charge in [-0.25, -0.2) is 0 Å². The van der Waals surface area contributed by atoms with Crippen LogP contribution in [0.5, 0.6) is 0 Å². The molecule has 0 fully saturated rings. The molecule has 0 amide bonds. The van der Waals surface area contributed by atoms with Gasteiger partial charge in [-0.3, -0.25) is 4.79 Å². The van der Waals surface area contributed by atoms with E-state index in [9.17, 15) is 4.79 Å². The summed E-state index contributed by atoms with van der Waals surface area (Å²) in [6, 6.07) is 4.99. The first kappa shape index (κ1) is 10.2. The quantitative estimate of drug-likeness (QED) is 0.847. The summed E-state index contributed by atoms with van der Waals surface area (Å²) in [5, 5.41) is 1.04. The summed E-state index contributed by atoms with van der Waals surface area (Å²) >= 11 is 5.81. The molecule has 0 aliphatic carbocycles. The minimum Gasteiger partial charge on any atom is -0.464 e. The number of benzene rings is 1. The Kier molecular flexibility index (Phi) is 2.75. The molecular weight excluding hydrogens is 214 g/mol. The Balaban J connectivity index is 2.71. The van der Waals surface area contributed by atoms with Crippen molar-refractivity contribution in [3.63, 3.8) is 0 Å². The van der Waals surface area contributed by atoms with Crippen LogP contribution in [0.15, 0.2) is 33.7 Å². The van der Waals surface area contributed by atoms with Gasteiger partial charge in [0.1, 0.15) is 5.58 Å². The molecular formula is C11H10ClNO2. The van der Waals surface area contributed by atoms with Crippen LogP contribution < -0.4 is 11.2 Å². The molecule has 15 heavy (non-hydrogen) atoms. The van der Waals surface area contributed by atoms with Crippen LogP contribution in [0, 0.1) is 0 Å². The SMILES string of the molecule is NCCc1coc2ccc(Cl)cc2c1=O.